The van der Waals surface area contributed by atoms with Crippen LogP contribution in [0.25, 0.3) is 11.0 Å². The summed E-state index contributed by atoms with van der Waals surface area (Å²) in [5.74, 6) is 0.183. The number of aromatic nitrogens is 5. The molecule has 1 aromatic carbocycles. The van der Waals surface area contributed by atoms with Crippen LogP contribution in [-0.2, 0) is 6.54 Å². The van der Waals surface area contributed by atoms with Gasteiger partial charge in [0, 0.05) is 24.3 Å². The van der Waals surface area contributed by atoms with Crippen LogP contribution in [0.15, 0.2) is 24.3 Å². The summed E-state index contributed by atoms with van der Waals surface area (Å²) in [6.45, 7) is 7.49. The van der Waals surface area contributed by atoms with Crippen molar-refractivity contribution in [1.29, 1.82) is 0 Å². The Balaban J connectivity index is 1.58. The minimum atomic E-state index is -0.102. The van der Waals surface area contributed by atoms with Gasteiger partial charge in [0.1, 0.15) is 11.0 Å². The lowest BCUT2D eigenvalue weighted by Crippen LogP contribution is -2.30. The fourth-order valence-electron chi connectivity index (χ4n) is 2.57. The summed E-state index contributed by atoms with van der Waals surface area (Å²) < 4.78 is 1.98. The highest BCUT2D eigenvalue weighted by Crippen LogP contribution is 2.11. The van der Waals surface area contributed by atoms with Crippen molar-refractivity contribution >= 4 is 16.9 Å². The lowest BCUT2D eigenvalue weighted by molar-refractivity contribution is 0.0946. The second kappa shape index (κ2) is 6.20. The van der Waals surface area contributed by atoms with Gasteiger partial charge in [-0.15, -0.1) is 0 Å². The summed E-state index contributed by atoms with van der Waals surface area (Å²) in [5, 5.41) is 17.9. The Kier molecular flexibility index (Phi) is 4.10. The third kappa shape index (κ3) is 3.39. The maximum absolute atomic E-state index is 12.2. The monoisotopic (exact) mass is 312 g/mol. The average Bonchev–Trinajstić information content (AvgIpc) is 3.10. The number of nitrogens with zero attached hydrogens (tertiary/aromatic N) is 4. The predicted octanol–water partition coefficient (Wildman–Crippen LogP) is 1.84. The largest absolute Gasteiger partial charge is 0.352 e. The Morgan fingerprint density at radius 2 is 2.04 bits per heavy atom. The minimum Gasteiger partial charge on any atom is -0.352 e. The summed E-state index contributed by atoms with van der Waals surface area (Å²) in [6.07, 6.45) is 0. The first kappa shape index (κ1) is 15.2. The van der Waals surface area contributed by atoms with Crippen LogP contribution >= 0.6 is 0 Å². The van der Waals surface area contributed by atoms with Crippen LogP contribution in [0.3, 0.4) is 0 Å². The molecule has 0 aliphatic rings. The van der Waals surface area contributed by atoms with E-state index in [9.17, 15) is 4.79 Å². The Bertz CT molecular complexity index is 834. The molecule has 2 aromatic heterocycles. The van der Waals surface area contributed by atoms with Crippen LogP contribution in [0.5, 0.6) is 0 Å². The van der Waals surface area contributed by atoms with E-state index in [0.29, 0.717) is 17.6 Å². The molecule has 1 amide bonds. The van der Waals surface area contributed by atoms with E-state index in [0.717, 1.165) is 23.4 Å². The van der Waals surface area contributed by atoms with E-state index in [-0.39, 0.29) is 11.8 Å². The first-order valence-electron chi connectivity index (χ1n) is 7.62. The number of nitrogens with one attached hydrogen (secondary N) is 2. The summed E-state index contributed by atoms with van der Waals surface area (Å²) in [4.78, 5) is 12.2. The zero-order valence-corrected chi connectivity index (χ0v) is 13.5. The third-order valence-corrected chi connectivity index (χ3v) is 3.78. The quantitative estimate of drug-likeness (QED) is 0.752. The molecule has 0 saturated heterocycles. The normalized spacial score (nSPS) is 12.5. The standard InChI is InChI=1S/C16H20N6O/c1-10(9-22-12(3)6-11(2)20-22)8-17-16(23)13-4-5-14-15(7-13)19-21-18-14/h4-7,10H,8-9H2,1-3H3,(H,17,23)(H,18,19,21)/t10-/m0/s1. The van der Waals surface area contributed by atoms with Gasteiger partial charge in [-0.2, -0.15) is 20.5 Å². The molecule has 2 heterocycles. The molecule has 0 aliphatic heterocycles. The fraction of sp³-hybridized carbons (Fsp3) is 0.375. The summed E-state index contributed by atoms with van der Waals surface area (Å²) in [6, 6.07) is 7.33. The molecule has 3 rings (SSSR count). The molecule has 2 N–H and O–H groups in total. The maximum Gasteiger partial charge on any atom is 0.251 e. The number of aromatic amines is 1. The highest BCUT2D eigenvalue weighted by Gasteiger charge is 2.11. The Morgan fingerprint density at radius 3 is 2.78 bits per heavy atom. The van der Waals surface area contributed by atoms with Crippen molar-refractivity contribution in [3.8, 4) is 0 Å². The number of hydrogen-bond donors (Lipinski definition) is 2. The minimum absolute atomic E-state index is 0.102. The van der Waals surface area contributed by atoms with Gasteiger partial charge >= 0.3 is 0 Å². The van der Waals surface area contributed by atoms with Crippen molar-refractivity contribution < 1.29 is 4.79 Å². The Morgan fingerprint density at radius 1 is 1.26 bits per heavy atom. The van der Waals surface area contributed by atoms with Crippen LogP contribution in [0.1, 0.15) is 28.7 Å². The Labute approximate surface area is 134 Å². The van der Waals surface area contributed by atoms with Crippen molar-refractivity contribution in [2.75, 3.05) is 6.54 Å². The molecule has 23 heavy (non-hydrogen) atoms. The number of hydrogen-bond acceptors (Lipinski definition) is 4. The summed E-state index contributed by atoms with van der Waals surface area (Å²) >= 11 is 0. The average molecular weight is 312 g/mol. The lowest BCUT2D eigenvalue weighted by Gasteiger charge is -2.14. The molecule has 3 aromatic rings. The predicted molar refractivity (Wildman–Crippen MR) is 87.1 cm³/mol. The van der Waals surface area contributed by atoms with Crippen molar-refractivity contribution in [3.63, 3.8) is 0 Å². The van der Waals surface area contributed by atoms with Crippen LogP contribution in [0.2, 0.25) is 0 Å². The number of carbonyl (C=O) groups excluding carboxylic acids is 1. The number of amides is 1. The molecule has 0 fully saturated rings. The SMILES string of the molecule is Cc1cc(C)n(C[C@@H](C)CNC(=O)c2ccc3n[nH]nc3c2)n1. The first-order valence-corrected chi connectivity index (χ1v) is 7.62. The molecule has 1 atom stereocenters. The lowest BCUT2D eigenvalue weighted by atomic mass is 10.1. The molecule has 0 bridgehead atoms. The Hall–Kier alpha value is -2.70. The molecule has 0 radical (unpaired) electrons. The summed E-state index contributed by atoms with van der Waals surface area (Å²) in [7, 11) is 0. The van der Waals surface area contributed by atoms with Crippen LogP contribution < -0.4 is 5.32 Å². The third-order valence-electron chi connectivity index (χ3n) is 3.78. The highest BCUT2D eigenvalue weighted by atomic mass is 16.1. The number of fused-ring (bicyclic) bond motifs is 1. The van der Waals surface area contributed by atoms with E-state index in [1.807, 2.05) is 18.5 Å². The van der Waals surface area contributed by atoms with Crippen LogP contribution in [0, 0.1) is 19.8 Å². The van der Waals surface area contributed by atoms with Crippen LogP contribution in [-0.4, -0.2) is 37.6 Å². The topological polar surface area (TPSA) is 88.5 Å². The summed E-state index contributed by atoms with van der Waals surface area (Å²) in [5.41, 5.74) is 4.18. The number of benzene rings is 1. The molecule has 0 aliphatic carbocycles. The smallest absolute Gasteiger partial charge is 0.251 e. The van der Waals surface area contributed by atoms with Crippen molar-refractivity contribution in [2.45, 2.75) is 27.3 Å². The van der Waals surface area contributed by atoms with E-state index >= 15 is 0 Å². The van der Waals surface area contributed by atoms with Gasteiger partial charge in [-0.05, 0) is 44.0 Å². The molecular formula is C16H20N6O. The molecule has 120 valence electrons. The zero-order valence-electron chi connectivity index (χ0n) is 13.5. The van der Waals surface area contributed by atoms with E-state index in [2.05, 4.69) is 38.8 Å². The molecule has 0 saturated carbocycles. The molecule has 0 unspecified atom stereocenters. The number of aryl methyl sites for hydroxylation is 2. The first-order chi connectivity index (χ1) is 11.0. The van der Waals surface area contributed by atoms with Crippen molar-refractivity contribution in [2.24, 2.45) is 5.92 Å². The van der Waals surface area contributed by atoms with Gasteiger partial charge in [-0.1, -0.05) is 6.92 Å². The second-order valence-electron chi connectivity index (χ2n) is 5.95. The van der Waals surface area contributed by atoms with Gasteiger partial charge < -0.3 is 5.32 Å². The van der Waals surface area contributed by atoms with Gasteiger partial charge in [0.25, 0.3) is 5.91 Å². The van der Waals surface area contributed by atoms with Crippen LogP contribution in [0.4, 0.5) is 0 Å². The highest BCUT2D eigenvalue weighted by molar-refractivity contribution is 5.97. The molecule has 7 heteroatoms. The fourth-order valence-corrected chi connectivity index (χ4v) is 2.57. The van der Waals surface area contributed by atoms with E-state index < -0.39 is 0 Å². The zero-order chi connectivity index (χ0) is 16.4. The maximum atomic E-state index is 12.2. The second-order valence-corrected chi connectivity index (χ2v) is 5.95. The van der Waals surface area contributed by atoms with Gasteiger partial charge in [0.05, 0.1) is 5.69 Å². The van der Waals surface area contributed by atoms with Crippen molar-refractivity contribution in [1.82, 2.24) is 30.5 Å². The van der Waals surface area contributed by atoms with Crippen molar-refractivity contribution in [3.05, 3.63) is 41.2 Å². The molecular weight excluding hydrogens is 292 g/mol. The van der Waals surface area contributed by atoms with E-state index in [1.165, 1.54) is 0 Å². The van der Waals surface area contributed by atoms with Gasteiger partial charge in [0.2, 0.25) is 0 Å². The van der Waals surface area contributed by atoms with E-state index in [4.69, 9.17) is 0 Å². The number of carbonyl (C=O) groups is 1. The van der Waals surface area contributed by atoms with Gasteiger partial charge in [0.15, 0.2) is 0 Å². The molecule has 7 nitrogen and oxygen atoms in total. The van der Waals surface area contributed by atoms with Gasteiger partial charge in [-0.3, -0.25) is 9.48 Å². The van der Waals surface area contributed by atoms with E-state index in [1.54, 1.807) is 18.2 Å². The number of H-pyrrole nitrogens is 1. The molecule has 0 spiro atoms. The van der Waals surface area contributed by atoms with Gasteiger partial charge in [-0.25, -0.2) is 0 Å². The number of rotatable bonds is 5.